The fourth-order valence-corrected chi connectivity index (χ4v) is 3.79. The zero-order chi connectivity index (χ0) is 11.7. The minimum Gasteiger partial charge on any atom is -0.303 e. The lowest BCUT2D eigenvalue weighted by molar-refractivity contribution is -0.123. The minimum atomic E-state index is 0.370. The van der Waals surface area contributed by atoms with Crippen LogP contribution in [0.3, 0.4) is 0 Å². The van der Waals surface area contributed by atoms with Crippen molar-refractivity contribution in [2.75, 3.05) is 19.6 Å². The first kappa shape index (κ1) is 11.5. The predicted molar refractivity (Wildman–Crippen MR) is 68.8 cm³/mol. The highest BCUT2D eigenvalue weighted by molar-refractivity contribution is 5.82. The molecule has 2 bridgehead atoms. The molecule has 17 heavy (non-hydrogen) atoms. The van der Waals surface area contributed by atoms with Gasteiger partial charge in [-0.1, -0.05) is 18.6 Å². The summed E-state index contributed by atoms with van der Waals surface area (Å²) >= 11 is 0. The van der Waals surface area contributed by atoms with Gasteiger partial charge in [0.2, 0.25) is 0 Å². The lowest BCUT2D eigenvalue weighted by Gasteiger charge is -2.27. The minimum absolute atomic E-state index is 0.370. The summed E-state index contributed by atoms with van der Waals surface area (Å²) in [4.78, 5) is 14.7. The number of hydrogen-bond acceptors (Lipinski definition) is 2. The summed E-state index contributed by atoms with van der Waals surface area (Å²) in [6, 6.07) is 0. The molecule has 94 valence electrons. The fourth-order valence-electron chi connectivity index (χ4n) is 3.79. The average Bonchev–Trinajstić information content (AvgIpc) is 2.99. The maximum Gasteiger partial charge on any atom is 0.137 e. The van der Waals surface area contributed by atoms with Gasteiger partial charge < -0.3 is 4.90 Å². The van der Waals surface area contributed by atoms with Crippen molar-refractivity contribution in [3.63, 3.8) is 0 Å². The normalized spacial score (nSPS) is 36.6. The van der Waals surface area contributed by atoms with Crippen LogP contribution in [0.15, 0.2) is 12.2 Å². The molecule has 0 radical (unpaired) electrons. The highest BCUT2D eigenvalue weighted by Gasteiger charge is 2.39. The van der Waals surface area contributed by atoms with Crippen molar-refractivity contribution in [1.29, 1.82) is 0 Å². The molecule has 3 atom stereocenters. The third kappa shape index (κ3) is 2.47. The van der Waals surface area contributed by atoms with Crippen LogP contribution in [-0.2, 0) is 4.79 Å². The molecule has 3 rings (SSSR count). The Labute approximate surface area is 104 Å². The smallest absolute Gasteiger partial charge is 0.137 e. The lowest BCUT2D eigenvalue weighted by atomic mass is 9.88. The van der Waals surface area contributed by atoms with Crippen molar-refractivity contribution < 1.29 is 4.79 Å². The van der Waals surface area contributed by atoms with E-state index in [0.717, 1.165) is 25.3 Å². The van der Waals surface area contributed by atoms with Crippen LogP contribution in [0.1, 0.15) is 38.5 Å². The van der Waals surface area contributed by atoms with Crippen LogP contribution in [0, 0.1) is 17.8 Å². The van der Waals surface area contributed by atoms with E-state index >= 15 is 0 Å². The predicted octanol–water partition coefficient (Wildman–Crippen LogP) is 2.64. The number of carbonyl (C=O) groups is 1. The Balaban J connectivity index is 1.45. The Morgan fingerprint density at radius 3 is 2.59 bits per heavy atom. The SMILES string of the molecule is O=C(CCN1CCCCC1)[C@@H]1C[C@H]2C=C[C@@H]1C2. The van der Waals surface area contributed by atoms with Crippen molar-refractivity contribution in [2.24, 2.45) is 17.8 Å². The van der Waals surface area contributed by atoms with Crippen LogP contribution in [-0.4, -0.2) is 30.3 Å². The first-order chi connectivity index (χ1) is 8.33. The quantitative estimate of drug-likeness (QED) is 0.696. The summed E-state index contributed by atoms with van der Waals surface area (Å²) in [5, 5.41) is 0. The topological polar surface area (TPSA) is 20.3 Å². The first-order valence-electron chi connectivity index (χ1n) is 7.26. The standard InChI is InChI=1S/C15H23NO/c17-15(6-9-16-7-2-1-3-8-16)14-11-12-4-5-13(14)10-12/h4-5,12-14H,1-3,6-11H2/t12-,13+,14+/m0/s1. The van der Waals surface area contributed by atoms with E-state index in [-0.39, 0.29) is 0 Å². The molecule has 2 heteroatoms. The van der Waals surface area contributed by atoms with Crippen LogP contribution in [0.2, 0.25) is 0 Å². The molecular formula is C15H23NO. The van der Waals surface area contributed by atoms with Gasteiger partial charge in [0.1, 0.15) is 5.78 Å². The van der Waals surface area contributed by atoms with E-state index in [1.54, 1.807) is 0 Å². The monoisotopic (exact) mass is 233 g/mol. The maximum atomic E-state index is 12.2. The summed E-state index contributed by atoms with van der Waals surface area (Å²) in [7, 11) is 0. The summed E-state index contributed by atoms with van der Waals surface area (Å²) in [5.41, 5.74) is 0. The molecule has 3 aliphatic rings. The summed E-state index contributed by atoms with van der Waals surface area (Å²) in [6.07, 6.45) is 11.8. The highest BCUT2D eigenvalue weighted by atomic mass is 16.1. The number of hydrogen-bond donors (Lipinski definition) is 0. The van der Waals surface area contributed by atoms with Gasteiger partial charge in [0.25, 0.3) is 0 Å². The summed E-state index contributed by atoms with van der Waals surface area (Å²) < 4.78 is 0. The molecule has 0 aromatic rings. The number of carbonyl (C=O) groups excluding carboxylic acids is 1. The first-order valence-corrected chi connectivity index (χ1v) is 7.26. The van der Waals surface area contributed by atoms with Crippen LogP contribution in [0.4, 0.5) is 0 Å². The number of nitrogens with zero attached hydrogens (tertiary/aromatic N) is 1. The van der Waals surface area contributed by atoms with Gasteiger partial charge in [0.05, 0.1) is 0 Å². The van der Waals surface area contributed by atoms with Gasteiger partial charge in [-0.15, -0.1) is 0 Å². The van der Waals surface area contributed by atoms with Crippen molar-refractivity contribution in [2.45, 2.75) is 38.5 Å². The van der Waals surface area contributed by atoms with Gasteiger partial charge in [0, 0.05) is 18.9 Å². The van der Waals surface area contributed by atoms with Crippen molar-refractivity contribution >= 4 is 5.78 Å². The van der Waals surface area contributed by atoms with E-state index in [4.69, 9.17) is 0 Å². The second-order valence-corrected chi connectivity index (χ2v) is 6.01. The summed E-state index contributed by atoms with van der Waals surface area (Å²) in [5.74, 6) is 2.22. The third-order valence-electron chi connectivity index (χ3n) is 4.82. The lowest BCUT2D eigenvalue weighted by Crippen LogP contribution is -2.33. The molecule has 0 N–H and O–H groups in total. The molecule has 1 aliphatic heterocycles. The van der Waals surface area contributed by atoms with E-state index in [1.807, 2.05) is 0 Å². The molecule has 2 fully saturated rings. The molecule has 1 saturated heterocycles. The Hall–Kier alpha value is -0.630. The van der Waals surface area contributed by atoms with Crippen LogP contribution in [0.25, 0.3) is 0 Å². The molecule has 1 heterocycles. The largest absolute Gasteiger partial charge is 0.303 e. The van der Waals surface area contributed by atoms with Crippen LogP contribution >= 0.6 is 0 Å². The van der Waals surface area contributed by atoms with Crippen molar-refractivity contribution in [3.8, 4) is 0 Å². The number of ketones is 1. The van der Waals surface area contributed by atoms with Gasteiger partial charge >= 0.3 is 0 Å². The molecule has 0 unspecified atom stereocenters. The van der Waals surface area contributed by atoms with Crippen LogP contribution < -0.4 is 0 Å². The number of allylic oxidation sites excluding steroid dienone is 2. The number of likely N-dealkylation sites (tertiary alicyclic amines) is 1. The van der Waals surface area contributed by atoms with E-state index < -0.39 is 0 Å². The molecule has 0 aromatic carbocycles. The van der Waals surface area contributed by atoms with Crippen molar-refractivity contribution in [3.05, 3.63) is 12.2 Å². The van der Waals surface area contributed by atoms with Gasteiger partial charge in [-0.05, 0) is 50.6 Å². The van der Waals surface area contributed by atoms with E-state index in [9.17, 15) is 4.79 Å². The highest BCUT2D eigenvalue weighted by Crippen LogP contribution is 2.44. The zero-order valence-electron chi connectivity index (χ0n) is 10.6. The van der Waals surface area contributed by atoms with Crippen LogP contribution in [0.5, 0.6) is 0 Å². The van der Waals surface area contributed by atoms with Gasteiger partial charge in [-0.3, -0.25) is 4.79 Å². The number of rotatable bonds is 4. The molecule has 0 spiro atoms. The molecule has 1 saturated carbocycles. The average molecular weight is 233 g/mol. The second kappa shape index (κ2) is 4.93. The number of Topliss-reactive ketones (excluding diaryl/α,β-unsaturated/α-hetero) is 1. The number of fused-ring (bicyclic) bond motifs is 2. The Morgan fingerprint density at radius 1 is 1.12 bits per heavy atom. The maximum absolute atomic E-state index is 12.2. The second-order valence-electron chi connectivity index (χ2n) is 6.01. The van der Waals surface area contributed by atoms with Gasteiger partial charge in [-0.25, -0.2) is 0 Å². The molecule has 0 amide bonds. The third-order valence-corrected chi connectivity index (χ3v) is 4.82. The molecule has 0 aromatic heterocycles. The Bertz CT molecular complexity index is 317. The molecule has 2 aliphatic carbocycles. The Morgan fingerprint density at radius 2 is 1.94 bits per heavy atom. The van der Waals surface area contributed by atoms with Crippen molar-refractivity contribution in [1.82, 2.24) is 4.90 Å². The fraction of sp³-hybridized carbons (Fsp3) is 0.800. The van der Waals surface area contributed by atoms with Gasteiger partial charge in [0.15, 0.2) is 0 Å². The zero-order valence-corrected chi connectivity index (χ0v) is 10.6. The molecular weight excluding hydrogens is 210 g/mol. The summed E-state index contributed by atoms with van der Waals surface area (Å²) in [6.45, 7) is 3.43. The van der Waals surface area contributed by atoms with E-state index in [0.29, 0.717) is 17.6 Å². The van der Waals surface area contributed by atoms with Gasteiger partial charge in [-0.2, -0.15) is 0 Å². The van der Waals surface area contributed by atoms with E-state index in [2.05, 4.69) is 17.1 Å². The van der Waals surface area contributed by atoms with E-state index in [1.165, 1.54) is 38.8 Å². The Kier molecular flexibility index (Phi) is 3.32. The molecule has 2 nitrogen and oxygen atoms in total. The number of piperidine rings is 1.